The molecule has 1 aromatic heterocycles. The van der Waals surface area contributed by atoms with E-state index < -0.39 is 5.97 Å². The van der Waals surface area contributed by atoms with E-state index in [0.717, 1.165) is 16.6 Å². The number of carboxylic acids is 1. The Kier molecular flexibility index (Phi) is 1.88. The van der Waals surface area contributed by atoms with Gasteiger partial charge in [-0.05, 0) is 23.1 Å². The number of fused-ring (bicyclic) bond motifs is 1. The lowest BCUT2D eigenvalue weighted by atomic mass is 10.0. The summed E-state index contributed by atoms with van der Waals surface area (Å²) in [6.45, 7) is 4.02. The number of aliphatic carboxylic acids is 1. The Labute approximate surface area is 98.7 Å². The van der Waals surface area contributed by atoms with Crippen molar-refractivity contribution in [2.45, 2.75) is 19.8 Å². The molecule has 0 spiro atoms. The molecule has 0 bridgehead atoms. The van der Waals surface area contributed by atoms with Gasteiger partial charge in [0.15, 0.2) is 0 Å². The molecule has 1 fully saturated rings. The number of carboxylic acid groups (broad SMARTS) is 1. The van der Waals surface area contributed by atoms with Crippen LogP contribution in [0, 0.1) is 11.3 Å². The largest absolute Gasteiger partial charge is 0.481 e. The average molecular weight is 230 g/mol. The Morgan fingerprint density at radius 2 is 2.24 bits per heavy atom. The van der Waals surface area contributed by atoms with Crippen molar-refractivity contribution in [1.29, 1.82) is 0 Å². The van der Waals surface area contributed by atoms with Gasteiger partial charge in [0.25, 0.3) is 0 Å². The van der Waals surface area contributed by atoms with Gasteiger partial charge >= 0.3 is 5.97 Å². The molecule has 17 heavy (non-hydrogen) atoms. The van der Waals surface area contributed by atoms with Crippen molar-refractivity contribution < 1.29 is 9.90 Å². The second-order valence-corrected chi connectivity index (χ2v) is 5.29. The van der Waals surface area contributed by atoms with Crippen molar-refractivity contribution >= 4 is 17.0 Å². The predicted octanol–water partition coefficient (Wildman–Crippen LogP) is 2.39. The van der Waals surface area contributed by atoms with Gasteiger partial charge in [-0.2, -0.15) is 0 Å². The lowest BCUT2D eigenvalue weighted by molar-refractivity contribution is -0.139. The van der Waals surface area contributed by atoms with Crippen LogP contribution in [0.25, 0.3) is 11.0 Å². The topological polar surface area (TPSA) is 66.0 Å². The summed E-state index contributed by atoms with van der Waals surface area (Å²) < 4.78 is 0. The Balaban J connectivity index is 2.02. The highest BCUT2D eigenvalue weighted by atomic mass is 16.4. The fourth-order valence-corrected chi connectivity index (χ4v) is 2.87. The van der Waals surface area contributed by atoms with Crippen LogP contribution in [-0.4, -0.2) is 21.0 Å². The van der Waals surface area contributed by atoms with Crippen LogP contribution in [0.1, 0.15) is 25.3 Å². The SMILES string of the molecule is CC1(C)[C@H](C(=O)O)[C@H]1c1ccc2nc[nH]c2c1. The number of aromatic nitrogens is 2. The van der Waals surface area contributed by atoms with E-state index in [1.807, 2.05) is 32.0 Å². The number of nitrogens with zero attached hydrogens (tertiary/aromatic N) is 1. The van der Waals surface area contributed by atoms with E-state index in [0.29, 0.717) is 0 Å². The van der Waals surface area contributed by atoms with Crippen LogP contribution in [0.15, 0.2) is 24.5 Å². The zero-order valence-corrected chi connectivity index (χ0v) is 9.77. The van der Waals surface area contributed by atoms with Gasteiger partial charge in [-0.3, -0.25) is 4.79 Å². The van der Waals surface area contributed by atoms with Gasteiger partial charge in [0.05, 0.1) is 23.3 Å². The molecule has 1 aromatic carbocycles. The summed E-state index contributed by atoms with van der Waals surface area (Å²) in [6, 6.07) is 5.94. The molecule has 2 atom stereocenters. The average Bonchev–Trinajstić information content (AvgIpc) is 2.66. The molecule has 1 aliphatic carbocycles. The number of aromatic amines is 1. The summed E-state index contributed by atoms with van der Waals surface area (Å²) in [5.41, 5.74) is 2.81. The van der Waals surface area contributed by atoms with E-state index in [4.69, 9.17) is 0 Å². The fraction of sp³-hybridized carbons (Fsp3) is 0.385. The van der Waals surface area contributed by atoms with E-state index in [-0.39, 0.29) is 17.3 Å². The van der Waals surface area contributed by atoms with Crippen LogP contribution in [0.3, 0.4) is 0 Å². The lowest BCUT2D eigenvalue weighted by Crippen LogP contribution is -2.03. The van der Waals surface area contributed by atoms with Gasteiger partial charge in [0.2, 0.25) is 0 Å². The highest BCUT2D eigenvalue weighted by Gasteiger charge is 2.62. The zero-order valence-electron chi connectivity index (χ0n) is 9.77. The summed E-state index contributed by atoms with van der Waals surface area (Å²) in [6.07, 6.45) is 1.65. The molecule has 1 aliphatic rings. The van der Waals surface area contributed by atoms with Crippen molar-refractivity contribution in [3.8, 4) is 0 Å². The maximum atomic E-state index is 11.2. The monoisotopic (exact) mass is 230 g/mol. The fourth-order valence-electron chi connectivity index (χ4n) is 2.87. The summed E-state index contributed by atoms with van der Waals surface area (Å²) in [5.74, 6) is -0.875. The van der Waals surface area contributed by atoms with Crippen LogP contribution >= 0.6 is 0 Å². The Hall–Kier alpha value is -1.84. The maximum absolute atomic E-state index is 11.2. The first kappa shape index (κ1) is 10.3. The first-order valence-corrected chi connectivity index (χ1v) is 5.67. The molecule has 0 aliphatic heterocycles. The molecule has 2 N–H and O–H groups in total. The Morgan fingerprint density at radius 1 is 1.47 bits per heavy atom. The third kappa shape index (κ3) is 1.37. The van der Waals surface area contributed by atoms with Crippen LogP contribution in [0.5, 0.6) is 0 Å². The van der Waals surface area contributed by atoms with Gasteiger partial charge in [0, 0.05) is 5.92 Å². The number of imidazole rings is 1. The molecule has 1 heterocycles. The summed E-state index contributed by atoms with van der Waals surface area (Å²) in [4.78, 5) is 18.4. The van der Waals surface area contributed by atoms with Crippen LogP contribution < -0.4 is 0 Å². The minimum Gasteiger partial charge on any atom is -0.481 e. The van der Waals surface area contributed by atoms with Gasteiger partial charge in [-0.15, -0.1) is 0 Å². The highest BCUT2D eigenvalue weighted by Crippen LogP contribution is 2.64. The van der Waals surface area contributed by atoms with E-state index >= 15 is 0 Å². The van der Waals surface area contributed by atoms with Crippen LogP contribution in [0.4, 0.5) is 0 Å². The standard InChI is InChI=1S/C13H14N2O2/c1-13(2)10(11(13)12(16)17)7-3-4-8-9(5-7)15-6-14-8/h3-6,10-11H,1-2H3,(H,14,15)(H,16,17)/t10-,11+/m1/s1. The Bertz CT molecular complexity index is 600. The minimum atomic E-state index is -0.704. The smallest absolute Gasteiger partial charge is 0.307 e. The van der Waals surface area contributed by atoms with Crippen molar-refractivity contribution in [3.63, 3.8) is 0 Å². The molecular weight excluding hydrogens is 216 g/mol. The first-order valence-electron chi connectivity index (χ1n) is 5.67. The second kappa shape index (κ2) is 3.09. The molecule has 0 amide bonds. The summed E-state index contributed by atoms with van der Waals surface area (Å²) in [5, 5.41) is 9.17. The van der Waals surface area contributed by atoms with Gasteiger partial charge < -0.3 is 10.1 Å². The minimum absolute atomic E-state index is 0.104. The molecule has 0 unspecified atom stereocenters. The molecule has 88 valence electrons. The molecule has 0 saturated heterocycles. The van der Waals surface area contributed by atoms with Crippen LogP contribution in [0.2, 0.25) is 0 Å². The van der Waals surface area contributed by atoms with E-state index in [1.54, 1.807) is 6.33 Å². The number of hydrogen-bond donors (Lipinski definition) is 2. The quantitative estimate of drug-likeness (QED) is 0.832. The number of hydrogen-bond acceptors (Lipinski definition) is 2. The predicted molar refractivity (Wildman–Crippen MR) is 63.7 cm³/mol. The van der Waals surface area contributed by atoms with Crippen LogP contribution in [-0.2, 0) is 4.79 Å². The normalized spacial score (nSPS) is 26.0. The van der Waals surface area contributed by atoms with Crippen molar-refractivity contribution in [2.24, 2.45) is 11.3 Å². The summed E-state index contributed by atoms with van der Waals surface area (Å²) in [7, 11) is 0. The number of benzene rings is 1. The van der Waals surface area contributed by atoms with Gasteiger partial charge in [0.1, 0.15) is 0 Å². The van der Waals surface area contributed by atoms with E-state index in [9.17, 15) is 9.90 Å². The number of H-pyrrole nitrogens is 1. The molecule has 2 aromatic rings. The van der Waals surface area contributed by atoms with Gasteiger partial charge in [-0.25, -0.2) is 4.98 Å². The maximum Gasteiger partial charge on any atom is 0.307 e. The van der Waals surface area contributed by atoms with Gasteiger partial charge in [-0.1, -0.05) is 19.9 Å². The number of carbonyl (C=O) groups is 1. The molecular formula is C13H14N2O2. The first-order chi connectivity index (χ1) is 8.01. The summed E-state index contributed by atoms with van der Waals surface area (Å²) >= 11 is 0. The molecule has 4 heteroatoms. The third-order valence-corrected chi connectivity index (χ3v) is 3.90. The van der Waals surface area contributed by atoms with Crippen molar-refractivity contribution in [3.05, 3.63) is 30.1 Å². The Morgan fingerprint density at radius 3 is 2.88 bits per heavy atom. The molecule has 1 saturated carbocycles. The highest BCUT2D eigenvalue weighted by molar-refractivity contribution is 5.80. The third-order valence-electron chi connectivity index (χ3n) is 3.90. The molecule has 0 radical (unpaired) electrons. The lowest BCUT2D eigenvalue weighted by Gasteiger charge is -2.02. The number of rotatable bonds is 2. The van der Waals surface area contributed by atoms with Crippen molar-refractivity contribution in [1.82, 2.24) is 9.97 Å². The van der Waals surface area contributed by atoms with Crippen molar-refractivity contribution in [2.75, 3.05) is 0 Å². The van der Waals surface area contributed by atoms with E-state index in [2.05, 4.69) is 9.97 Å². The molecule has 3 rings (SSSR count). The van der Waals surface area contributed by atoms with E-state index in [1.165, 1.54) is 0 Å². The zero-order chi connectivity index (χ0) is 12.2. The second-order valence-electron chi connectivity index (χ2n) is 5.29. The number of nitrogens with one attached hydrogen (secondary N) is 1. The molecule has 4 nitrogen and oxygen atoms in total.